The van der Waals surface area contributed by atoms with Crippen molar-refractivity contribution in [3.63, 3.8) is 0 Å². The Labute approximate surface area is 247 Å². The molecule has 2 aromatic carbocycles. The third-order valence-corrected chi connectivity index (χ3v) is 9.30. The minimum Gasteiger partial charge on any atom is -0.508 e. The van der Waals surface area contributed by atoms with Gasteiger partial charge in [0, 0.05) is 50.4 Å². The molecule has 5 heterocycles. The van der Waals surface area contributed by atoms with Crippen molar-refractivity contribution in [2.45, 2.75) is 57.3 Å². The zero-order valence-electron chi connectivity index (χ0n) is 24.3. The van der Waals surface area contributed by atoms with Crippen molar-refractivity contribution in [1.29, 1.82) is 0 Å². The van der Waals surface area contributed by atoms with Gasteiger partial charge in [0.25, 0.3) is 0 Å². The van der Waals surface area contributed by atoms with E-state index in [0.717, 1.165) is 25.9 Å². The highest BCUT2D eigenvalue weighted by molar-refractivity contribution is 6.01. The third-order valence-electron chi connectivity index (χ3n) is 9.30. The zero-order chi connectivity index (χ0) is 29.9. The van der Waals surface area contributed by atoms with Crippen molar-refractivity contribution in [3.8, 4) is 23.0 Å². The second-order valence-corrected chi connectivity index (χ2v) is 12.1. The maximum Gasteiger partial charge on any atom is 0.319 e. The Balaban J connectivity index is 1.37. The summed E-state index contributed by atoms with van der Waals surface area (Å²) in [5, 5.41) is 15.4. The van der Waals surface area contributed by atoms with Crippen LogP contribution in [0, 0.1) is 11.6 Å². The minimum absolute atomic E-state index is 0.0225. The van der Waals surface area contributed by atoms with Gasteiger partial charge in [0.15, 0.2) is 5.82 Å². The molecule has 0 radical (unpaired) electrons. The molecule has 3 fully saturated rings. The molecular weight excluding hydrogens is 557 g/mol. The van der Waals surface area contributed by atoms with Crippen LogP contribution in [0.25, 0.3) is 32.9 Å². The molecule has 2 N–H and O–H groups in total. The standard InChI is InChI=1S/C32H35F3N6O2/c1-3-22-25(34)6-5-19-11-21(42)12-23(26(19)22)28-27(35)29-24(14-37-28)30(40-10-8-36-18(2)15-40)39-31(38-29)43-17-32-7-4-9-41(32)16-20(33)13-32/h5-6,11-12,14,18,20,36,42H,3-4,7-10,13,15-17H2,1-2H3/t18-,20-,32+/m1/s1. The highest BCUT2D eigenvalue weighted by Gasteiger charge is 2.49. The molecule has 0 bridgehead atoms. The van der Waals surface area contributed by atoms with Gasteiger partial charge in [-0.3, -0.25) is 9.88 Å². The summed E-state index contributed by atoms with van der Waals surface area (Å²) in [5.41, 5.74) is 0.265. The number of hydrogen-bond acceptors (Lipinski definition) is 8. The molecule has 7 rings (SSSR count). The third kappa shape index (κ3) is 4.82. The van der Waals surface area contributed by atoms with E-state index >= 15 is 4.39 Å². The average Bonchev–Trinajstić information content (AvgIpc) is 3.51. The first-order valence-corrected chi connectivity index (χ1v) is 15.1. The number of anilines is 1. The predicted octanol–water partition coefficient (Wildman–Crippen LogP) is 5.14. The van der Waals surface area contributed by atoms with Crippen molar-refractivity contribution in [2.75, 3.05) is 44.2 Å². The summed E-state index contributed by atoms with van der Waals surface area (Å²) in [7, 11) is 0. The largest absolute Gasteiger partial charge is 0.508 e. The van der Waals surface area contributed by atoms with Crippen molar-refractivity contribution < 1.29 is 23.0 Å². The van der Waals surface area contributed by atoms with Crippen LogP contribution in [0.2, 0.25) is 0 Å². The molecule has 3 aliphatic rings. The molecule has 226 valence electrons. The van der Waals surface area contributed by atoms with E-state index in [9.17, 15) is 13.9 Å². The predicted molar refractivity (Wildman–Crippen MR) is 159 cm³/mol. The number of nitrogens with zero attached hydrogens (tertiary/aromatic N) is 5. The van der Waals surface area contributed by atoms with E-state index in [-0.39, 0.29) is 41.2 Å². The van der Waals surface area contributed by atoms with Crippen LogP contribution in [0.1, 0.15) is 38.7 Å². The molecule has 0 aliphatic carbocycles. The summed E-state index contributed by atoms with van der Waals surface area (Å²) < 4.78 is 52.2. The fourth-order valence-electron chi connectivity index (χ4n) is 7.32. The first-order valence-electron chi connectivity index (χ1n) is 15.1. The Bertz CT molecular complexity index is 1720. The zero-order valence-corrected chi connectivity index (χ0v) is 24.3. The first-order chi connectivity index (χ1) is 20.8. The fraction of sp³-hybridized carbons (Fsp3) is 0.469. The number of aromatic nitrogens is 3. The molecule has 3 atom stereocenters. The number of phenols is 1. The number of rotatable bonds is 6. The van der Waals surface area contributed by atoms with Gasteiger partial charge >= 0.3 is 6.01 Å². The number of ether oxygens (including phenoxy) is 1. The van der Waals surface area contributed by atoms with Crippen LogP contribution in [-0.2, 0) is 6.42 Å². The smallest absolute Gasteiger partial charge is 0.319 e. The summed E-state index contributed by atoms with van der Waals surface area (Å²) in [5.74, 6) is -0.678. The van der Waals surface area contributed by atoms with Crippen LogP contribution >= 0.6 is 0 Å². The summed E-state index contributed by atoms with van der Waals surface area (Å²) in [6, 6.07) is 6.08. The number of benzene rings is 2. The van der Waals surface area contributed by atoms with E-state index in [2.05, 4.69) is 32.0 Å². The van der Waals surface area contributed by atoms with Gasteiger partial charge in [0.1, 0.15) is 41.4 Å². The van der Waals surface area contributed by atoms with E-state index in [1.165, 1.54) is 18.2 Å². The normalized spacial score (nSPS) is 24.3. The molecule has 0 spiro atoms. The molecule has 3 saturated heterocycles. The Kier molecular flexibility index (Phi) is 7.04. The van der Waals surface area contributed by atoms with Crippen molar-refractivity contribution in [3.05, 3.63) is 47.7 Å². The van der Waals surface area contributed by atoms with Crippen LogP contribution in [0.4, 0.5) is 19.0 Å². The van der Waals surface area contributed by atoms with Gasteiger partial charge < -0.3 is 20.1 Å². The Morgan fingerprint density at radius 2 is 2.02 bits per heavy atom. The highest BCUT2D eigenvalue weighted by atomic mass is 19.1. The fourth-order valence-corrected chi connectivity index (χ4v) is 7.32. The average molecular weight is 593 g/mol. The number of pyridine rings is 1. The van der Waals surface area contributed by atoms with Crippen molar-refractivity contribution >= 4 is 27.5 Å². The Hall–Kier alpha value is -3.70. The molecule has 0 amide bonds. The summed E-state index contributed by atoms with van der Waals surface area (Å²) in [6.45, 7) is 7.37. The highest BCUT2D eigenvalue weighted by Crippen LogP contribution is 2.42. The molecule has 43 heavy (non-hydrogen) atoms. The number of alkyl halides is 1. The number of phenolic OH excluding ortho intramolecular Hbond substituents is 1. The van der Waals surface area contributed by atoms with E-state index in [4.69, 9.17) is 9.72 Å². The summed E-state index contributed by atoms with van der Waals surface area (Å²) in [4.78, 5) is 18.0. The van der Waals surface area contributed by atoms with Gasteiger partial charge in [0.05, 0.1) is 10.9 Å². The number of piperazine rings is 1. The van der Waals surface area contributed by atoms with Crippen LogP contribution < -0.4 is 15.0 Å². The lowest BCUT2D eigenvalue weighted by Crippen LogP contribution is -2.49. The van der Waals surface area contributed by atoms with Crippen molar-refractivity contribution in [1.82, 2.24) is 25.2 Å². The molecular formula is C32H35F3N6O2. The lowest BCUT2D eigenvalue weighted by molar-refractivity contribution is 0.107. The van der Waals surface area contributed by atoms with E-state index < -0.39 is 23.3 Å². The SMILES string of the molecule is CCc1c(F)ccc2cc(O)cc(-c3ncc4c(N5CCN[C@H](C)C5)nc(OC[C@@]56CCCN5C[C@H](F)C6)nc4c3F)c12. The molecule has 2 aromatic heterocycles. The van der Waals surface area contributed by atoms with Gasteiger partial charge in [0.2, 0.25) is 0 Å². The maximum absolute atomic E-state index is 16.7. The monoisotopic (exact) mass is 592 g/mol. The van der Waals surface area contributed by atoms with Gasteiger partial charge in [-0.1, -0.05) is 13.0 Å². The lowest BCUT2D eigenvalue weighted by Gasteiger charge is -2.34. The minimum atomic E-state index is -0.902. The number of hydrogen-bond donors (Lipinski definition) is 2. The number of halogens is 3. The van der Waals surface area contributed by atoms with Gasteiger partial charge in [-0.25, -0.2) is 13.2 Å². The Morgan fingerprint density at radius 3 is 2.84 bits per heavy atom. The molecule has 4 aromatic rings. The lowest BCUT2D eigenvalue weighted by atomic mass is 9.94. The van der Waals surface area contributed by atoms with E-state index in [1.54, 1.807) is 12.3 Å². The number of nitrogens with one attached hydrogen (secondary N) is 1. The Morgan fingerprint density at radius 1 is 1.16 bits per heavy atom. The number of aryl methyl sites for hydroxylation is 1. The van der Waals surface area contributed by atoms with Gasteiger partial charge in [-0.2, -0.15) is 9.97 Å². The molecule has 3 aliphatic heterocycles. The molecule has 0 unspecified atom stereocenters. The molecule has 8 nitrogen and oxygen atoms in total. The summed E-state index contributed by atoms with van der Waals surface area (Å²) in [6.07, 6.45) is 3.21. The van der Waals surface area contributed by atoms with E-state index in [0.29, 0.717) is 60.0 Å². The molecule has 0 saturated carbocycles. The number of aromatic hydroxyl groups is 1. The van der Waals surface area contributed by atoms with E-state index in [1.807, 2.05) is 6.92 Å². The van der Waals surface area contributed by atoms with Crippen LogP contribution in [-0.4, -0.2) is 82.0 Å². The van der Waals surface area contributed by atoms with Gasteiger partial charge in [-0.15, -0.1) is 0 Å². The van der Waals surface area contributed by atoms with Crippen LogP contribution in [0.3, 0.4) is 0 Å². The summed E-state index contributed by atoms with van der Waals surface area (Å²) >= 11 is 0. The topological polar surface area (TPSA) is 86.6 Å². The second-order valence-electron chi connectivity index (χ2n) is 12.1. The number of fused-ring (bicyclic) bond motifs is 3. The van der Waals surface area contributed by atoms with Crippen molar-refractivity contribution in [2.24, 2.45) is 0 Å². The molecule has 11 heteroatoms. The quantitative estimate of drug-likeness (QED) is 0.318. The maximum atomic E-state index is 16.7. The van der Waals surface area contributed by atoms with Crippen LogP contribution in [0.5, 0.6) is 11.8 Å². The first kappa shape index (κ1) is 28.1. The van der Waals surface area contributed by atoms with Gasteiger partial charge in [-0.05, 0) is 67.3 Å². The second kappa shape index (κ2) is 10.8. The van der Waals surface area contributed by atoms with Crippen LogP contribution in [0.15, 0.2) is 30.5 Å².